The van der Waals surface area contributed by atoms with Crippen LogP contribution < -0.4 is 5.32 Å². The maximum Gasteiger partial charge on any atom is 0.326 e. The molecule has 2 amide bonds. The second-order valence-electron chi connectivity index (χ2n) is 4.04. The van der Waals surface area contributed by atoms with Crippen molar-refractivity contribution in [1.29, 1.82) is 0 Å². The first kappa shape index (κ1) is 15.0. The highest BCUT2D eigenvalue weighted by Crippen LogP contribution is 2.00. The number of aromatic nitrogens is 2. The molecule has 1 aromatic rings. The number of hydrogen-bond donors (Lipinski definition) is 3. The van der Waals surface area contributed by atoms with E-state index in [9.17, 15) is 9.59 Å². The van der Waals surface area contributed by atoms with E-state index in [0.717, 1.165) is 0 Å². The second kappa shape index (κ2) is 7.37. The zero-order valence-electron chi connectivity index (χ0n) is 10.9. The minimum absolute atomic E-state index is 0.152. The lowest BCUT2D eigenvalue weighted by molar-refractivity contribution is -0.139. The molecule has 8 heteroatoms. The number of carboxylic acids is 1. The van der Waals surface area contributed by atoms with E-state index >= 15 is 0 Å². The van der Waals surface area contributed by atoms with Crippen molar-refractivity contribution in [3.05, 3.63) is 18.2 Å². The van der Waals surface area contributed by atoms with Crippen LogP contribution in [0.3, 0.4) is 0 Å². The molecule has 8 nitrogen and oxygen atoms in total. The molecule has 0 unspecified atom stereocenters. The summed E-state index contributed by atoms with van der Waals surface area (Å²) < 4.78 is 4.85. The fourth-order valence-corrected chi connectivity index (χ4v) is 1.41. The van der Waals surface area contributed by atoms with E-state index in [0.29, 0.717) is 18.8 Å². The highest BCUT2D eigenvalue weighted by Gasteiger charge is 2.22. The molecule has 0 radical (unpaired) electrons. The number of likely N-dealkylation sites (N-methyl/N-ethyl adjacent to an activating group) is 1. The molecule has 0 fully saturated rings. The minimum atomic E-state index is -1.09. The van der Waals surface area contributed by atoms with Gasteiger partial charge in [0, 0.05) is 39.0 Å². The van der Waals surface area contributed by atoms with Crippen LogP contribution >= 0.6 is 0 Å². The topological polar surface area (TPSA) is 108 Å². The molecule has 1 heterocycles. The van der Waals surface area contributed by atoms with Gasteiger partial charge in [-0.1, -0.05) is 0 Å². The number of urea groups is 1. The fourth-order valence-electron chi connectivity index (χ4n) is 1.41. The average molecular weight is 270 g/mol. The number of aromatic amines is 1. The van der Waals surface area contributed by atoms with Crippen LogP contribution in [0.4, 0.5) is 4.79 Å². The molecule has 106 valence electrons. The second-order valence-corrected chi connectivity index (χ2v) is 4.04. The Kier molecular flexibility index (Phi) is 5.80. The molecule has 0 saturated heterocycles. The van der Waals surface area contributed by atoms with Crippen molar-refractivity contribution in [2.75, 3.05) is 27.3 Å². The first-order chi connectivity index (χ1) is 9.04. The van der Waals surface area contributed by atoms with Gasteiger partial charge in [0.25, 0.3) is 0 Å². The summed E-state index contributed by atoms with van der Waals surface area (Å²) in [5.41, 5.74) is 0.646. The Morgan fingerprint density at radius 1 is 1.63 bits per heavy atom. The zero-order valence-corrected chi connectivity index (χ0v) is 10.9. The van der Waals surface area contributed by atoms with Gasteiger partial charge >= 0.3 is 12.0 Å². The number of ether oxygens (including phenoxy) is 1. The molecule has 0 bridgehead atoms. The summed E-state index contributed by atoms with van der Waals surface area (Å²) in [6.07, 6.45) is 3.14. The van der Waals surface area contributed by atoms with Crippen molar-refractivity contribution in [2.45, 2.75) is 12.5 Å². The number of nitrogens with zero attached hydrogens (tertiary/aromatic N) is 2. The van der Waals surface area contributed by atoms with Gasteiger partial charge in [0.05, 0.1) is 12.9 Å². The number of carbonyl (C=O) groups excluding carboxylic acids is 1. The molecule has 1 atom stereocenters. The van der Waals surface area contributed by atoms with Crippen LogP contribution in [0.1, 0.15) is 5.69 Å². The number of carboxylic acid groups (broad SMARTS) is 1. The van der Waals surface area contributed by atoms with E-state index in [2.05, 4.69) is 15.3 Å². The number of methoxy groups -OCH3 is 1. The molecule has 0 saturated carbocycles. The highest BCUT2D eigenvalue weighted by molar-refractivity contribution is 5.82. The molecule has 1 rings (SSSR count). The van der Waals surface area contributed by atoms with Gasteiger partial charge in [0.15, 0.2) is 0 Å². The zero-order chi connectivity index (χ0) is 14.3. The molecule has 0 aromatic carbocycles. The third-order valence-electron chi connectivity index (χ3n) is 2.55. The molecule has 0 aliphatic rings. The number of imidazole rings is 1. The number of hydrogen-bond acceptors (Lipinski definition) is 4. The predicted molar refractivity (Wildman–Crippen MR) is 66.8 cm³/mol. The average Bonchev–Trinajstić information content (AvgIpc) is 2.87. The maximum absolute atomic E-state index is 11.8. The predicted octanol–water partition coefficient (Wildman–Crippen LogP) is -0.307. The van der Waals surface area contributed by atoms with Crippen LogP contribution in [-0.2, 0) is 16.0 Å². The lowest BCUT2D eigenvalue weighted by Gasteiger charge is -2.20. The Balaban J connectivity index is 2.53. The number of rotatable bonds is 7. The quantitative estimate of drug-likeness (QED) is 0.630. The molecule has 0 spiro atoms. The van der Waals surface area contributed by atoms with Gasteiger partial charge in [-0.25, -0.2) is 14.6 Å². The van der Waals surface area contributed by atoms with Gasteiger partial charge in [0.2, 0.25) is 0 Å². The van der Waals surface area contributed by atoms with E-state index in [4.69, 9.17) is 9.84 Å². The molecule has 1 aromatic heterocycles. The van der Waals surface area contributed by atoms with Crippen molar-refractivity contribution in [3.8, 4) is 0 Å². The number of H-pyrrole nitrogens is 1. The highest BCUT2D eigenvalue weighted by atomic mass is 16.5. The van der Waals surface area contributed by atoms with Crippen LogP contribution in [0.25, 0.3) is 0 Å². The molecule has 19 heavy (non-hydrogen) atoms. The van der Waals surface area contributed by atoms with E-state index in [-0.39, 0.29) is 6.42 Å². The Labute approximate surface area is 110 Å². The maximum atomic E-state index is 11.8. The summed E-state index contributed by atoms with van der Waals surface area (Å²) in [7, 11) is 3.10. The normalized spacial score (nSPS) is 11.9. The monoisotopic (exact) mass is 270 g/mol. The van der Waals surface area contributed by atoms with E-state index in [1.54, 1.807) is 7.05 Å². The number of nitrogens with one attached hydrogen (secondary N) is 2. The van der Waals surface area contributed by atoms with Crippen molar-refractivity contribution < 1.29 is 19.4 Å². The summed E-state index contributed by atoms with van der Waals surface area (Å²) in [5.74, 6) is -1.09. The standard InChI is InChI=1S/C11H18N4O4/c1-15(3-4-19-2)11(18)14-9(10(16)17)5-8-6-12-7-13-8/h6-7,9H,3-5H2,1-2H3,(H,12,13)(H,14,18)(H,16,17)/t9-/m0/s1. The number of aliphatic carboxylic acids is 1. The fraction of sp³-hybridized carbons (Fsp3) is 0.545. The Bertz CT molecular complexity index is 407. The smallest absolute Gasteiger partial charge is 0.326 e. The van der Waals surface area contributed by atoms with Crippen LogP contribution in [-0.4, -0.2) is 65.3 Å². The van der Waals surface area contributed by atoms with Gasteiger partial charge in [-0.2, -0.15) is 0 Å². The van der Waals surface area contributed by atoms with Gasteiger partial charge in [-0.15, -0.1) is 0 Å². The summed E-state index contributed by atoms with van der Waals surface area (Å²) >= 11 is 0. The number of amides is 2. The first-order valence-corrected chi connectivity index (χ1v) is 5.75. The van der Waals surface area contributed by atoms with Crippen LogP contribution in [0.2, 0.25) is 0 Å². The molecule has 0 aliphatic heterocycles. The summed E-state index contributed by atoms with van der Waals surface area (Å²) in [5, 5.41) is 11.5. The van der Waals surface area contributed by atoms with Gasteiger partial charge in [-0.05, 0) is 0 Å². The van der Waals surface area contributed by atoms with Crippen molar-refractivity contribution >= 4 is 12.0 Å². The van der Waals surface area contributed by atoms with Gasteiger partial charge in [-0.3, -0.25) is 0 Å². The number of carbonyl (C=O) groups is 2. The molecule has 0 aliphatic carbocycles. The summed E-state index contributed by atoms with van der Waals surface area (Å²) in [6.45, 7) is 0.779. The third kappa shape index (κ3) is 4.96. The largest absolute Gasteiger partial charge is 0.480 e. The SMILES string of the molecule is COCCN(C)C(=O)N[C@@H](Cc1cnc[nH]1)C(=O)O. The van der Waals surface area contributed by atoms with Crippen molar-refractivity contribution in [3.63, 3.8) is 0 Å². The third-order valence-corrected chi connectivity index (χ3v) is 2.55. The van der Waals surface area contributed by atoms with Crippen LogP contribution in [0, 0.1) is 0 Å². The van der Waals surface area contributed by atoms with Gasteiger partial charge < -0.3 is 25.0 Å². The van der Waals surface area contributed by atoms with E-state index in [1.165, 1.54) is 24.5 Å². The lowest BCUT2D eigenvalue weighted by atomic mass is 10.1. The van der Waals surface area contributed by atoms with Crippen LogP contribution in [0.15, 0.2) is 12.5 Å². The Hall–Kier alpha value is -2.09. The molecular weight excluding hydrogens is 252 g/mol. The Morgan fingerprint density at radius 2 is 2.37 bits per heavy atom. The van der Waals surface area contributed by atoms with E-state index < -0.39 is 18.0 Å². The molecular formula is C11H18N4O4. The van der Waals surface area contributed by atoms with Crippen LogP contribution in [0.5, 0.6) is 0 Å². The lowest BCUT2D eigenvalue weighted by Crippen LogP contribution is -2.48. The van der Waals surface area contributed by atoms with Crippen molar-refractivity contribution in [1.82, 2.24) is 20.2 Å². The van der Waals surface area contributed by atoms with E-state index in [1.807, 2.05) is 0 Å². The minimum Gasteiger partial charge on any atom is -0.480 e. The Morgan fingerprint density at radius 3 is 2.89 bits per heavy atom. The van der Waals surface area contributed by atoms with Gasteiger partial charge in [0.1, 0.15) is 6.04 Å². The first-order valence-electron chi connectivity index (χ1n) is 5.75. The summed E-state index contributed by atoms with van der Waals surface area (Å²) in [4.78, 5) is 30.8. The summed E-state index contributed by atoms with van der Waals surface area (Å²) in [6, 6.07) is -1.46. The van der Waals surface area contributed by atoms with Crippen molar-refractivity contribution in [2.24, 2.45) is 0 Å². The molecule has 3 N–H and O–H groups in total.